The summed E-state index contributed by atoms with van der Waals surface area (Å²) in [7, 11) is 1.48. The largest absolute Gasteiger partial charge is 0.494 e. The van der Waals surface area contributed by atoms with Crippen LogP contribution < -0.4 is 9.47 Å². The van der Waals surface area contributed by atoms with Gasteiger partial charge in [0.2, 0.25) is 0 Å². The van der Waals surface area contributed by atoms with E-state index in [9.17, 15) is 0 Å². The van der Waals surface area contributed by atoms with E-state index >= 15 is 0 Å². The van der Waals surface area contributed by atoms with Crippen LogP contribution >= 0.6 is 34.8 Å². The Kier molecular flexibility index (Phi) is 6.28. The molecule has 0 heterocycles. The van der Waals surface area contributed by atoms with E-state index in [-0.39, 0.29) is 11.1 Å². The van der Waals surface area contributed by atoms with Gasteiger partial charge in [-0.1, -0.05) is 40.0 Å². The highest BCUT2D eigenvalue weighted by Crippen LogP contribution is 2.33. The standard InChI is InChI=1S/C12H12Cl3NO3/c1-7(16-17)9-5-8(19-4-3-11(14)15)6-10(13)12(9)18-2/h3,5-6,17H,4H2,1-2H3/b16-7+. The molecule has 0 radical (unpaired) electrons. The van der Waals surface area contributed by atoms with E-state index in [4.69, 9.17) is 49.5 Å². The van der Waals surface area contributed by atoms with Crippen molar-refractivity contribution in [3.8, 4) is 11.5 Å². The first-order chi connectivity index (χ1) is 8.99. The van der Waals surface area contributed by atoms with Gasteiger partial charge in [0.15, 0.2) is 0 Å². The van der Waals surface area contributed by atoms with Gasteiger partial charge in [0, 0.05) is 11.6 Å². The molecule has 0 fully saturated rings. The number of ether oxygens (including phenoxy) is 2. The summed E-state index contributed by atoms with van der Waals surface area (Å²) in [5.74, 6) is 0.893. The third-order valence-corrected chi connectivity index (χ3v) is 2.84. The monoisotopic (exact) mass is 323 g/mol. The van der Waals surface area contributed by atoms with Crippen molar-refractivity contribution in [1.82, 2.24) is 0 Å². The van der Waals surface area contributed by atoms with Crippen LogP contribution in [0.25, 0.3) is 0 Å². The quantitative estimate of drug-likeness (QED) is 0.500. The molecule has 104 valence electrons. The molecule has 1 rings (SSSR count). The molecule has 0 spiro atoms. The predicted molar refractivity (Wildman–Crippen MR) is 77.3 cm³/mol. The lowest BCUT2D eigenvalue weighted by Crippen LogP contribution is -2.02. The fourth-order valence-electron chi connectivity index (χ4n) is 1.38. The van der Waals surface area contributed by atoms with Crippen LogP contribution in [0.5, 0.6) is 11.5 Å². The maximum Gasteiger partial charge on any atom is 0.146 e. The van der Waals surface area contributed by atoms with Crippen molar-refractivity contribution in [2.45, 2.75) is 6.92 Å². The molecule has 0 amide bonds. The lowest BCUT2D eigenvalue weighted by Gasteiger charge is -2.12. The second-order valence-corrected chi connectivity index (χ2v) is 4.89. The molecule has 1 N–H and O–H groups in total. The summed E-state index contributed by atoms with van der Waals surface area (Å²) >= 11 is 17.0. The van der Waals surface area contributed by atoms with Gasteiger partial charge in [-0.05, 0) is 19.1 Å². The lowest BCUT2D eigenvalue weighted by atomic mass is 10.1. The summed E-state index contributed by atoms with van der Waals surface area (Å²) in [5.41, 5.74) is 0.892. The van der Waals surface area contributed by atoms with Crippen molar-refractivity contribution in [2.24, 2.45) is 5.16 Å². The Bertz CT molecular complexity index is 511. The summed E-state index contributed by atoms with van der Waals surface area (Å²) in [6, 6.07) is 3.24. The minimum Gasteiger partial charge on any atom is -0.494 e. The zero-order valence-electron chi connectivity index (χ0n) is 10.3. The van der Waals surface area contributed by atoms with Gasteiger partial charge in [-0.25, -0.2) is 0 Å². The molecule has 0 bridgehead atoms. The minimum atomic E-state index is 0.118. The Morgan fingerprint density at radius 1 is 1.42 bits per heavy atom. The minimum absolute atomic E-state index is 0.118. The van der Waals surface area contributed by atoms with Gasteiger partial charge in [-0.3, -0.25) is 0 Å². The second-order valence-electron chi connectivity index (χ2n) is 3.48. The van der Waals surface area contributed by atoms with E-state index in [1.54, 1.807) is 19.1 Å². The molecule has 0 saturated heterocycles. The van der Waals surface area contributed by atoms with E-state index in [0.29, 0.717) is 27.8 Å². The molecule has 1 aromatic rings. The van der Waals surface area contributed by atoms with Gasteiger partial charge < -0.3 is 14.7 Å². The highest BCUT2D eigenvalue weighted by molar-refractivity contribution is 6.55. The maximum atomic E-state index is 8.84. The third kappa shape index (κ3) is 4.49. The van der Waals surface area contributed by atoms with E-state index in [1.165, 1.54) is 13.2 Å². The molecule has 0 aromatic heterocycles. The fraction of sp³-hybridized carbons (Fsp3) is 0.250. The summed E-state index contributed by atoms with van der Waals surface area (Å²) < 4.78 is 10.7. The summed E-state index contributed by atoms with van der Waals surface area (Å²) in [4.78, 5) is 0. The van der Waals surface area contributed by atoms with Crippen LogP contribution in [0.2, 0.25) is 5.02 Å². The maximum absolute atomic E-state index is 8.84. The summed E-state index contributed by atoms with van der Waals surface area (Å²) in [6.07, 6.45) is 1.49. The number of hydrogen-bond acceptors (Lipinski definition) is 4. The third-order valence-electron chi connectivity index (χ3n) is 2.25. The fourth-order valence-corrected chi connectivity index (χ4v) is 1.80. The molecule has 7 heteroatoms. The van der Waals surface area contributed by atoms with Crippen molar-refractivity contribution in [3.05, 3.63) is 33.3 Å². The molecule has 0 aliphatic rings. The molecule has 19 heavy (non-hydrogen) atoms. The number of halogens is 3. The number of nitrogens with zero attached hydrogens (tertiary/aromatic N) is 1. The molecule has 4 nitrogen and oxygen atoms in total. The zero-order valence-corrected chi connectivity index (χ0v) is 12.6. The van der Waals surface area contributed by atoms with E-state index in [2.05, 4.69) is 5.16 Å². The molecule has 0 atom stereocenters. The Hall–Kier alpha value is -1.10. The number of rotatable bonds is 5. The molecule has 1 aromatic carbocycles. The van der Waals surface area contributed by atoms with Gasteiger partial charge in [0.1, 0.15) is 22.6 Å². The van der Waals surface area contributed by atoms with Crippen LogP contribution in [0.3, 0.4) is 0 Å². The summed E-state index contributed by atoms with van der Waals surface area (Å²) in [5, 5.41) is 12.3. The summed E-state index contributed by atoms with van der Waals surface area (Å²) in [6.45, 7) is 1.81. The van der Waals surface area contributed by atoms with Gasteiger partial charge in [0.25, 0.3) is 0 Å². The van der Waals surface area contributed by atoms with Gasteiger partial charge >= 0.3 is 0 Å². The smallest absolute Gasteiger partial charge is 0.146 e. The molecule has 0 aliphatic heterocycles. The first kappa shape index (κ1) is 16.0. The van der Waals surface area contributed by atoms with Crippen molar-refractivity contribution in [1.29, 1.82) is 0 Å². The molecule has 0 aliphatic carbocycles. The average molecular weight is 325 g/mol. The normalized spacial score (nSPS) is 11.1. The first-order valence-corrected chi connectivity index (χ1v) is 6.33. The van der Waals surface area contributed by atoms with Crippen molar-refractivity contribution < 1.29 is 14.7 Å². The average Bonchev–Trinajstić information content (AvgIpc) is 2.36. The Morgan fingerprint density at radius 2 is 2.11 bits per heavy atom. The van der Waals surface area contributed by atoms with Crippen LogP contribution in [-0.4, -0.2) is 24.6 Å². The number of methoxy groups -OCH3 is 1. The SMILES string of the molecule is COc1c(Cl)cc(OCC=C(Cl)Cl)cc1/C(C)=N/O. The van der Waals surface area contributed by atoms with E-state index in [1.807, 2.05) is 0 Å². The van der Waals surface area contributed by atoms with Gasteiger partial charge in [-0.15, -0.1) is 0 Å². The van der Waals surface area contributed by atoms with E-state index < -0.39 is 0 Å². The van der Waals surface area contributed by atoms with Gasteiger partial charge in [0.05, 0.1) is 17.8 Å². The van der Waals surface area contributed by atoms with Crippen LogP contribution in [0.15, 0.2) is 27.9 Å². The van der Waals surface area contributed by atoms with Crippen molar-refractivity contribution in [2.75, 3.05) is 13.7 Å². The number of oxime groups is 1. The topological polar surface area (TPSA) is 51.0 Å². The Labute approximate surface area is 126 Å². The van der Waals surface area contributed by atoms with Crippen molar-refractivity contribution >= 4 is 40.5 Å². The van der Waals surface area contributed by atoms with Crippen LogP contribution in [0.4, 0.5) is 0 Å². The Balaban J connectivity index is 3.09. The second kappa shape index (κ2) is 7.48. The number of benzene rings is 1. The van der Waals surface area contributed by atoms with Gasteiger partial charge in [-0.2, -0.15) is 0 Å². The number of hydrogen-bond donors (Lipinski definition) is 1. The highest BCUT2D eigenvalue weighted by Gasteiger charge is 2.13. The molecular formula is C12H12Cl3NO3. The molecule has 0 unspecified atom stereocenters. The van der Waals surface area contributed by atoms with Crippen LogP contribution in [0.1, 0.15) is 12.5 Å². The Morgan fingerprint density at radius 3 is 2.63 bits per heavy atom. The zero-order chi connectivity index (χ0) is 14.4. The van der Waals surface area contributed by atoms with E-state index in [0.717, 1.165) is 0 Å². The highest BCUT2D eigenvalue weighted by atomic mass is 35.5. The predicted octanol–water partition coefficient (Wildman–Crippen LogP) is 4.24. The lowest BCUT2D eigenvalue weighted by molar-refractivity contribution is 0.318. The van der Waals surface area contributed by atoms with Crippen LogP contribution in [-0.2, 0) is 0 Å². The van der Waals surface area contributed by atoms with Crippen LogP contribution in [0, 0.1) is 0 Å². The van der Waals surface area contributed by atoms with Crippen molar-refractivity contribution in [3.63, 3.8) is 0 Å². The molecular weight excluding hydrogens is 312 g/mol. The first-order valence-electron chi connectivity index (χ1n) is 5.20. The molecule has 0 saturated carbocycles.